The number of aromatic nitrogens is 2. The molecule has 0 N–H and O–H groups in total. The van der Waals surface area contributed by atoms with Gasteiger partial charge in [0.1, 0.15) is 11.9 Å². The molecule has 0 aliphatic carbocycles. The maximum absolute atomic E-state index is 9.03. The van der Waals surface area contributed by atoms with E-state index in [9.17, 15) is 0 Å². The molecule has 2 aromatic rings. The topological polar surface area (TPSA) is 41.6 Å². The zero-order valence-corrected chi connectivity index (χ0v) is 9.85. The Kier molecular flexibility index (Phi) is 2.38. The maximum atomic E-state index is 9.03. The van der Waals surface area contributed by atoms with Gasteiger partial charge in [-0.15, -0.1) is 0 Å². The fraction of sp³-hybridized carbons (Fsp3) is 0.231. The van der Waals surface area contributed by atoms with Gasteiger partial charge < -0.3 is 4.57 Å². The molecule has 1 aliphatic rings. The minimum Gasteiger partial charge on any atom is -0.318 e. The zero-order valence-electron chi connectivity index (χ0n) is 9.10. The van der Waals surface area contributed by atoms with Crippen molar-refractivity contribution in [3.05, 3.63) is 52.6 Å². The molecular weight excluding hydrogens is 234 g/mol. The Morgan fingerprint density at radius 2 is 2.12 bits per heavy atom. The number of nitriles is 1. The summed E-state index contributed by atoms with van der Waals surface area (Å²) in [6, 6.07) is 12.4. The molecule has 0 saturated heterocycles. The Morgan fingerprint density at radius 1 is 1.35 bits per heavy atom. The molecule has 4 heteroatoms. The molecule has 1 aromatic heterocycles. The van der Waals surface area contributed by atoms with Crippen molar-refractivity contribution in [1.29, 1.82) is 5.26 Å². The molecule has 1 aromatic carbocycles. The normalized spacial score (nSPS) is 17.8. The highest BCUT2D eigenvalue weighted by Crippen LogP contribution is 2.32. The minimum absolute atomic E-state index is 0.328. The number of imidazole rings is 1. The van der Waals surface area contributed by atoms with E-state index in [1.165, 1.54) is 5.56 Å². The summed E-state index contributed by atoms with van der Waals surface area (Å²) >= 11 is 5.90. The van der Waals surface area contributed by atoms with Crippen LogP contribution >= 0.6 is 11.6 Å². The number of rotatable bonds is 1. The lowest BCUT2D eigenvalue weighted by molar-refractivity contribution is 0.648. The SMILES string of the molecule is N#Cc1c(Cl)nc2n1CC(c1ccccc1)C2. The van der Waals surface area contributed by atoms with Crippen LogP contribution in [0, 0.1) is 11.3 Å². The van der Waals surface area contributed by atoms with Crippen LogP contribution in [0.3, 0.4) is 0 Å². The van der Waals surface area contributed by atoms with Gasteiger partial charge in [0.25, 0.3) is 0 Å². The summed E-state index contributed by atoms with van der Waals surface area (Å²) in [5.41, 5.74) is 1.78. The van der Waals surface area contributed by atoms with Crippen molar-refractivity contribution in [3.8, 4) is 6.07 Å². The monoisotopic (exact) mass is 243 g/mol. The van der Waals surface area contributed by atoms with Gasteiger partial charge in [-0.2, -0.15) is 5.26 Å². The van der Waals surface area contributed by atoms with E-state index in [4.69, 9.17) is 16.9 Å². The van der Waals surface area contributed by atoms with E-state index in [-0.39, 0.29) is 0 Å². The van der Waals surface area contributed by atoms with Crippen molar-refractivity contribution in [2.24, 2.45) is 0 Å². The van der Waals surface area contributed by atoms with Crippen molar-refractivity contribution in [1.82, 2.24) is 9.55 Å². The molecule has 84 valence electrons. The van der Waals surface area contributed by atoms with Gasteiger partial charge in [0.05, 0.1) is 0 Å². The van der Waals surface area contributed by atoms with Crippen molar-refractivity contribution in [2.45, 2.75) is 18.9 Å². The van der Waals surface area contributed by atoms with Crippen LogP contribution in [0.2, 0.25) is 5.15 Å². The molecule has 0 amide bonds. The van der Waals surface area contributed by atoms with Gasteiger partial charge in [0.15, 0.2) is 10.8 Å². The second kappa shape index (κ2) is 3.90. The molecule has 3 nitrogen and oxygen atoms in total. The number of hydrogen-bond acceptors (Lipinski definition) is 2. The molecule has 17 heavy (non-hydrogen) atoms. The van der Waals surface area contributed by atoms with Crippen LogP contribution in [0.25, 0.3) is 0 Å². The highest BCUT2D eigenvalue weighted by Gasteiger charge is 2.28. The van der Waals surface area contributed by atoms with Gasteiger partial charge in [0, 0.05) is 18.9 Å². The molecule has 0 bridgehead atoms. The van der Waals surface area contributed by atoms with Crippen LogP contribution in [0.4, 0.5) is 0 Å². The third kappa shape index (κ3) is 1.62. The lowest BCUT2D eigenvalue weighted by Gasteiger charge is -2.08. The minimum atomic E-state index is 0.328. The second-order valence-electron chi connectivity index (χ2n) is 4.20. The first kappa shape index (κ1) is 10.4. The van der Waals surface area contributed by atoms with E-state index < -0.39 is 0 Å². The summed E-state index contributed by atoms with van der Waals surface area (Å²) in [6.07, 6.45) is 0.853. The quantitative estimate of drug-likeness (QED) is 0.773. The van der Waals surface area contributed by atoms with E-state index in [0.717, 1.165) is 18.8 Å². The first-order valence-corrected chi connectivity index (χ1v) is 5.87. The van der Waals surface area contributed by atoms with Crippen LogP contribution in [0.5, 0.6) is 0 Å². The number of benzene rings is 1. The number of nitrogens with zero attached hydrogens (tertiary/aromatic N) is 3. The van der Waals surface area contributed by atoms with Crippen molar-refractivity contribution < 1.29 is 0 Å². The van der Waals surface area contributed by atoms with E-state index in [1.54, 1.807) is 0 Å². The average Bonchev–Trinajstić information content (AvgIpc) is 2.86. The van der Waals surface area contributed by atoms with Crippen molar-refractivity contribution in [2.75, 3.05) is 0 Å². The van der Waals surface area contributed by atoms with Crippen molar-refractivity contribution >= 4 is 11.6 Å². The summed E-state index contributed by atoms with van der Waals surface area (Å²) in [4.78, 5) is 4.24. The van der Waals surface area contributed by atoms with Gasteiger partial charge in [-0.25, -0.2) is 4.98 Å². The lowest BCUT2D eigenvalue weighted by atomic mass is 9.98. The first-order valence-electron chi connectivity index (χ1n) is 5.49. The first-order chi connectivity index (χ1) is 8.29. The molecule has 0 fully saturated rings. The summed E-state index contributed by atoms with van der Waals surface area (Å²) in [5.74, 6) is 1.32. The fourth-order valence-electron chi connectivity index (χ4n) is 2.38. The molecule has 0 radical (unpaired) electrons. The maximum Gasteiger partial charge on any atom is 0.165 e. The number of fused-ring (bicyclic) bond motifs is 1. The van der Waals surface area contributed by atoms with Crippen LogP contribution in [0.15, 0.2) is 30.3 Å². The smallest absolute Gasteiger partial charge is 0.165 e. The van der Waals surface area contributed by atoms with Gasteiger partial charge in [-0.1, -0.05) is 41.9 Å². The molecule has 2 heterocycles. The molecular formula is C13H10ClN3. The Hall–Kier alpha value is -1.79. The summed E-state index contributed by atoms with van der Waals surface area (Å²) in [5, 5.41) is 9.36. The molecule has 3 rings (SSSR count). The van der Waals surface area contributed by atoms with Crippen LogP contribution < -0.4 is 0 Å². The molecule has 1 aliphatic heterocycles. The number of halogens is 1. The standard InChI is InChI=1S/C13H10ClN3/c14-13-11(7-15)17-8-10(6-12(17)16-13)9-4-2-1-3-5-9/h1-5,10H,6,8H2. The highest BCUT2D eigenvalue weighted by atomic mass is 35.5. The molecule has 1 unspecified atom stereocenters. The Balaban J connectivity index is 1.95. The highest BCUT2D eigenvalue weighted by molar-refractivity contribution is 6.30. The van der Waals surface area contributed by atoms with Gasteiger partial charge in [0.2, 0.25) is 0 Å². The lowest BCUT2D eigenvalue weighted by Crippen LogP contribution is -2.02. The zero-order chi connectivity index (χ0) is 11.8. The fourth-order valence-corrected chi connectivity index (χ4v) is 2.62. The van der Waals surface area contributed by atoms with Crippen LogP contribution in [0.1, 0.15) is 23.0 Å². The number of hydrogen-bond donors (Lipinski definition) is 0. The van der Waals surface area contributed by atoms with Gasteiger partial charge >= 0.3 is 0 Å². The van der Waals surface area contributed by atoms with Gasteiger partial charge in [-0.05, 0) is 5.56 Å². The molecule has 0 spiro atoms. The summed E-state index contributed by atoms with van der Waals surface area (Å²) in [7, 11) is 0. The van der Waals surface area contributed by atoms with Crippen LogP contribution in [-0.4, -0.2) is 9.55 Å². The third-order valence-corrected chi connectivity index (χ3v) is 3.48. The average molecular weight is 244 g/mol. The Bertz CT molecular complexity index is 595. The molecule has 0 saturated carbocycles. The van der Waals surface area contributed by atoms with Crippen molar-refractivity contribution in [3.63, 3.8) is 0 Å². The predicted octanol–water partition coefficient (Wildman–Crippen LogP) is 2.75. The van der Waals surface area contributed by atoms with Gasteiger partial charge in [-0.3, -0.25) is 0 Å². The van der Waals surface area contributed by atoms with E-state index >= 15 is 0 Å². The predicted molar refractivity (Wildman–Crippen MR) is 64.8 cm³/mol. The Labute approximate surface area is 104 Å². The van der Waals surface area contributed by atoms with E-state index in [2.05, 4.69) is 23.2 Å². The largest absolute Gasteiger partial charge is 0.318 e. The summed E-state index contributed by atoms with van der Waals surface area (Å²) < 4.78 is 1.93. The second-order valence-corrected chi connectivity index (χ2v) is 4.56. The summed E-state index contributed by atoms with van der Waals surface area (Å²) in [6.45, 7) is 0.794. The van der Waals surface area contributed by atoms with E-state index in [1.807, 2.05) is 22.8 Å². The van der Waals surface area contributed by atoms with Crippen LogP contribution in [-0.2, 0) is 13.0 Å². The third-order valence-electron chi connectivity index (χ3n) is 3.21. The molecule has 1 atom stereocenters. The Morgan fingerprint density at radius 3 is 2.82 bits per heavy atom. The van der Waals surface area contributed by atoms with E-state index in [0.29, 0.717) is 16.8 Å².